The Morgan fingerprint density at radius 3 is 2.79 bits per heavy atom. The Kier molecular flexibility index (Phi) is 6.66. The average molecular weight is 356 g/mol. The SMILES string of the molecule is CC1CC(C)CN(CC(C)NC(=O)c2n[nH]c3c2CNCC3)C1.Cl. The quantitative estimate of drug-likeness (QED) is 0.766. The number of carbonyl (C=O) groups excluding carboxylic acids is 1. The number of aromatic nitrogens is 2. The number of H-pyrrole nitrogens is 1. The van der Waals surface area contributed by atoms with Crippen LogP contribution in [0.25, 0.3) is 0 Å². The molecule has 0 saturated carbocycles. The second-order valence-corrected chi connectivity index (χ2v) is 7.50. The van der Waals surface area contributed by atoms with Crippen LogP contribution in [-0.4, -0.2) is 53.2 Å². The van der Waals surface area contributed by atoms with Crippen molar-refractivity contribution in [3.8, 4) is 0 Å². The Labute approximate surface area is 150 Å². The molecule has 3 N–H and O–H groups in total. The minimum atomic E-state index is -0.0585. The van der Waals surface area contributed by atoms with Crippen molar-refractivity contribution in [2.24, 2.45) is 11.8 Å². The number of amides is 1. The Bertz CT molecular complexity index is 551. The number of hydrogen-bond acceptors (Lipinski definition) is 4. The smallest absolute Gasteiger partial charge is 0.272 e. The number of aromatic amines is 1. The van der Waals surface area contributed by atoms with Crippen LogP contribution >= 0.6 is 12.4 Å². The van der Waals surface area contributed by atoms with E-state index in [9.17, 15) is 4.79 Å². The molecule has 2 aliphatic heterocycles. The van der Waals surface area contributed by atoms with Crippen molar-refractivity contribution >= 4 is 18.3 Å². The first-order chi connectivity index (χ1) is 11.0. The summed E-state index contributed by atoms with van der Waals surface area (Å²) in [5, 5.41) is 13.7. The van der Waals surface area contributed by atoms with Crippen LogP contribution in [0, 0.1) is 11.8 Å². The molecule has 3 rings (SSSR count). The van der Waals surface area contributed by atoms with E-state index in [1.165, 1.54) is 6.42 Å². The standard InChI is InChI=1S/C17H29N5O.ClH/c1-11-6-12(2)9-22(8-11)10-13(3)19-17(23)16-14-7-18-5-4-15(14)20-21-16;/h11-13,18H,4-10H2,1-3H3,(H,19,23)(H,20,21);1H. The minimum absolute atomic E-state index is 0. The molecule has 1 saturated heterocycles. The number of hydrogen-bond donors (Lipinski definition) is 3. The molecule has 24 heavy (non-hydrogen) atoms. The van der Waals surface area contributed by atoms with Crippen LogP contribution in [0.4, 0.5) is 0 Å². The van der Waals surface area contributed by atoms with Gasteiger partial charge in [-0.15, -0.1) is 12.4 Å². The zero-order valence-corrected chi connectivity index (χ0v) is 15.7. The predicted octanol–water partition coefficient (Wildman–Crippen LogP) is 1.57. The van der Waals surface area contributed by atoms with Crippen LogP contribution in [0.5, 0.6) is 0 Å². The number of nitrogens with one attached hydrogen (secondary N) is 3. The Hall–Kier alpha value is -1.11. The summed E-state index contributed by atoms with van der Waals surface area (Å²) in [5.74, 6) is 1.42. The van der Waals surface area contributed by atoms with E-state index in [1.54, 1.807) is 0 Å². The van der Waals surface area contributed by atoms with Gasteiger partial charge >= 0.3 is 0 Å². The lowest BCUT2D eigenvalue weighted by Crippen LogP contribution is -2.47. The highest BCUT2D eigenvalue weighted by Gasteiger charge is 2.25. The van der Waals surface area contributed by atoms with E-state index in [-0.39, 0.29) is 24.4 Å². The van der Waals surface area contributed by atoms with E-state index in [0.717, 1.165) is 62.2 Å². The van der Waals surface area contributed by atoms with Gasteiger partial charge in [0.05, 0.1) is 0 Å². The zero-order chi connectivity index (χ0) is 16.4. The molecule has 6 nitrogen and oxygen atoms in total. The van der Waals surface area contributed by atoms with Gasteiger partial charge in [0.15, 0.2) is 5.69 Å². The Morgan fingerprint density at radius 1 is 1.38 bits per heavy atom. The third kappa shape index (κ3) is 4.49. The summed E-state index contributed by atoms with van der Waals surface area (Å²) in [6.45, 7) is 11.6. The van der Waals surface area contributed by atoms with Crippen LogP contribution in [0.1, 0.15) is 48.9 Å². The predicted molar refractivity (Wildman–Crippen MR) is 97.6 cm³/mol. The molecule has 0 aliphatic carbocycles. The highest BCUT2D eigenvalue weighted by atomic mass is 35.5. The van der Waals surface area contributed by atoms with Crippen molar-refractivity contribution in [2.45, 2.75) is 46.2 Å². The van der Waals surface area contributed by atoms with Gasteiger partial charge < -0.3 is 15.5 Å². The molecule has 3 atom stereocenters. The maximum absolute atomic E-state index is 12.5. The van der Waals surface area contributed by atoms with Gasteiger partial charge in [0.2, 0.25) is 0 Å². The van der Waals surface area contributed by atoms with Gasteiger partial charge in [0.1, 0.15) is 0 Å². The van der Waals surface area contributed by atoms with Crippen molar-refractivity contribution in [3.63, 3.8) is 0 Å². The maximum atomic E-state index is 12.5. The van der Waals surface area contributed by atoms with E-state index in [1.807, 2.05) is 0 Å². The number of piperidine rings is 1. The number of halogens is 1. The summed E-state index contributed by atoms with van der Waals surface area (Å²) in [5.41, 5.74) is 2.68. The van der Waals surface area contributed by atoms with Gasteiger partial charge in [-0.3, -0.25) is 9.89 Å². The van der Waals surface area contributed by atoms with Gasteiger partial charge in [-0.25, -0.2) is 0 Å². The lowest BCUT2D eigenvalue weighted by Gasteiger charge is -2.36. The summed E-state index contributed by atoms with van der Waals surface area (Å²) in [4.78, 5) is 15.0. The third-order valence-corrected chi connectivity index (χ3v) is 4.88. The Morgan fingerprint density at radius 2 is 2.08 bits per heavy atom. The van der Waals surface area contributed by atoms with Crippen molar-refractivity contribution in [2.75, 3.05) is 26.2 Å². The fourth-order valence-corrected chi connectivity index (χ4v) is 4.08. The van der Waals surface area contributed by atoms with Gasteiger partial charge in [-0.1, -0.05) is 13.8 Å². The van der Waals surface area contributed by atoms with Gasteiger partial charge in [-0.2, -0.15) is 5.10 Å². The lowest BCUT2D eigenvalue weighted by atomic mass is 9.92. The highest BCUT2D eigenvalue weighted by molar-refractivity contribution is 5.94. The molecule has 1 aromatic rings. The second-order valence-electron chi connectivity index (χ2n) is 7.50. The van der Waals surface area contributed by atoms with E-state index in [4.69, 9.17) is 0 Å². The molecule has 2 aliphatic rings. The van der Waals surface area contributed by atoms with Crippen LogP contribution in [0.3, 0.4) is 0 Å². The molecule has 0 aromatic carbocycles. The molecule has 0 radical (unpaired) electrons. The summed E-state index contributed by atoms with van der Waals surface area (Å²) < 4.78 is 0. The molecule has 136 valence electrons. The molecule has 3 unspecified atom stereocenters. The largest absolute Gasteiger partial charge is 0.347 e. The molecular weight excluding hydrogens is 326 g/mol. The molecular formula is C17H30ClN5O. The molecule has 0 spiro atoms. The minimum Gasteiger partial charge on any atom is -0.347 e. The summed E-state index contributed by atoms with van der Waals surface area (Å²) in [7, 11) is 0. The van der Waals surface area contributed by atoms with E-state index < -0.39 is 0 Å². The van der Waals surface area contributed by atoms with Crippen LogP contribution in [0.2, 0.25) is 0 Å². The average Bonchev–Trinajstić information content (AvgIpc) is 2.89. The molecule has 1 fully saturated rings. The van der Waals surface area contributed by atoms with Crippen LogP contribution in [-0.2, 0) is 13.0 Å². The fraction of sp³-hybridized carbons (Fsp3) is 0.765. The summed E-state index contributed by atoms with van der Waals surface area (Å²) in [6.07, 6.45) is 2.22. The third-order valence-electron chi connectivity index (χ3n) is 4.88. The van der Waals surface area contributed by atoms with Crippen LogP contribution in [0.15, 0.2) is 0 Å². The van der Waals surface area contributed by atoms with Crippen molar-refractivity contribution in [1.29, 1.82) is 0 Å². The summed E-state index contributed by atoms with van der Waals surface area (Å²) >= 11 is 0. The van der Waals surface area contributed by atoms with E-state index in [2.05, 4.69) is 46.5 Å². The lowest BCUT2D eigenvalue weighted by molar-refractivity contribution is 0.0899. The number of carbonyl (C=O) groups is 1. The molecule has 1 aromatic heterocycles. The van der Waals surface area contributed by atoms with Crippen molar-refractivity contribution < 1.29 is 4.79 Å². The molecule has 3 heterocycles. The zero-order valence-electron chi connectivity index (χ0n) is 14.9. The molecule has 7 heteroatoms. The number of likely N-dealkylation sites (tertiary alicyclic amines) is 1. The second kappa shape index (κ2) is 8.32. The number of fused-ring (bicyclic) bond motifs is 1. The molecule has 1 amide bonds. The first-order valence-electron chi connectivity index (χ1n) is 8.83. The van der Waals surface area contributed by atoms with Gasteiger partial charge in [-0.05, 0) is 25.2 Å². The van der Waals surface area contributed by atoms with E-state index >= 15 is 0 Å². The summed E-state index contributed by atoms with van der Waals surface area (Å²) in [6, 6.07) is 0.129. The van der Waals surface area contributed by atoms with Gasteiger partial charge in [0, 0.05) is 56.4 Å². The first-order valence-corrected chi connectivity index (χ1v) is 8.83. The Balaban J connectivity index is 0.00000208. The normalized spacial score (nSPS) is 25.5. The highest BCUT2D eigenvalue weighted by Crippen LogP contribution is 2.21. The van der Waals surface area contributed by atoms with Crippen molar-refractivity contribution in [3.05, 3.63) is 17.0 Å². The van der Waals surface area contributed by atoms with Crippen molar-refractivity contribution in [1.82, 2.24) is 25.7 Å². The number of rotatable bonds is 4. The topological polar surface area (TPSA) is 73.0 Å². The maximum Gasteiger partial charge on any atom is 0.272 e. The van der Waals surface area contributed by atoms with Gasteiger partial charge in [0.25, 0.3) is 5.91 Å². The molecule has 0 bridgehead atoms. The first kappa shape index (κ1) is 19.2. The monoisotopic (exact) mass is 355 g/mol. The van der Waals surface area contributed by atoms with E-state index in [0.29, 0.717) is 5.69 Å². The van der Waals surface area contributed by atoms with Crippen LogP contribution < -0.4 is 10.6 Å². The fourth-order valence-electron chi connectivity index (χ4n) is 4.08. The number of nitrogens with zero attached hydrogens (tertiary/aromatic N) is 2.